The maximum atomic E-state index is 5.89. The van der Waals surface area contributed by atoms with Crippen LogP contribution in [0.25, 0.3) is 6.08 Å². The Labute approximate surface area is 78.4 Å². The van der Waals surface area contributed by atoms with Crippen LogP contribution in [-0.4, -0.2) is 15.0 Å². The van der Waals surface area contributed by atoms with Crippen molar-refractivity contribution in [1.29, 1.82) is 0 Å². The van der Waals surface area contributed by atoms with Crippen LogP contribution in [0.2, 0.25) is 5.82 Å². The third kappa shape index (κ3) is 3.11. The van der Waals surface area contributed by atoms with Crippen molar-refractivity contribution >= 4 is 32.6 Å². The minimum absolute atomic E-state index is 0.414. The van der Waals surface area contributed by atoms with Crippen LogP contribution >= 0.6 is 11.6 Å². The second-order valence-electron chi connectivity index (χ2n) is 2.06. The van der Waals surface area contributed by atoms with Gasteiger partial charge in [-0.1, -0.05) is 0 Å². The van der Waals surface area contributed by atoms with Crippen molar-refractivity contribution in [2.24, 2.45) is 0 Å². The molecule has 1 rings (SSSR count). The third-order valence-electron chi connectivity index (χ3n) is 1.27. The quantitative estimate of drug-likeness (QED) is 0.687. The summed E-state index contributed by atoms with van der Waals surface area (Å²) in [5.74, 6) is 2.11. The van der Waals surface area contributed by atoms with Crippen LogP contribution in [0.15, 0.2) is 34.3 Å². The van der Waals surface area contributed by atoms with Gasteiger partial charge in [0.2, 0.25) is 0 Å². The maximum absolute atomic E-state index is 5.89. The molecule has 0 nitrogen and oxygen atoms in total. The summed E-state index contributed by atoms with van der Waals surface area (Å²) < 4.78 is 0.962. The van der Waals surface area contributed by atoms with Gasteiger partial charge in [0.05, 0.1) is 0 Å². The predicted octanol–water partition coefficient (Wildman–Crippen LogP) is 2.98. The zero-order valence-corrected chi connectivity index (χ0v) is 8.72. The summed E-state index contributed by atoms with van der Waals surface area (Å²) in [5.41, 5.74) is 1.18. The van der Waals surface area contributed by atoms with Gasteiger partial charge in [-0.3, -0.25) is 0 Å². The molecule has 0 bridgehead atoms. The van der Waals surface area contributed by atoms with E-state index in [-0.39, 0.29) is 0 Å². The Bertz CT molecular complexity index is 241. The van der Waals surface area contributed by atoms with Crippen molar-refractivity contribution in [3.05, 3.63) is 39.8 Å². The third-order valence-corrected chi connectivity index (χ3v) is 3.25. The van der Waals surface area contributed by atoms with E-state index in [4.69, 9.17) is 11.6 Å². The van der Waals surface area contributed by atoms with E-state index in [9.17, 15) is 0 Å². The summed E-state index contributed by atoms with van der Waals surface area (Å²) in [5, 5.41) is 0. The number of benzene rings is 1. The minimum atomic E-state index is 0.414. The van der Waals surface area contributed by atoms with E-state index in [1.54, 1.807) is 0 Å². The van der Waals surface area contributed by atoms with E-state index in [1.165, 1.54) is 5.56 Å². The predicted molar refractivity (Wildman–Crippen MR) is 51.9 cm³/mol. The van der Waals surface area contributed by atoms with Crippen LogP contribution in [0, 0.1) is 0 Å². The van der Waals surface area contributed by atoms with Crippen molar-refractivity contribution in [3.63, 3.8) is 0 Å². The van der Waals surface area contributed by atoms with Gasteiger partial charge < -0.3 is 0 Å². The van der Waals surface area contributed by atoms with Gasteiger partial charge in [-0.15, -0.1) is 0 Å². The average Bonchev–Trinajstić information content (AvgIpc) is 2.06. The molecule has 0 amide bonds. The fourth-order valence-electron chi connectivity index (χ4n) is 0.739. The van der Waals surface area contributed by atoms with Gasteiger partial charge in [0.25, 0.3) is 0 Å². The summed E-state index contributed by atoms with van der Waals surface area (Å²) in [6.45, 7) is 0. The molecular weight excluding hydrogens is 223 g/mol. The van der Waals surface area contributed by atoms with Crippen molar-refractivity contribution in [2.45, 2.75) is 5.82 Å². The van der Waals surface area contributed by atoms with E-state index >= 15 is 0 Å². The molecule has 0 saturated heterocycles. The first kappa shape index (κ1) is 8.86. The first-order valence-corrected chi connectivity index (χ1v) is 6.24. The Morgan fingerprint density at radius 2 is 2.00 bits per heavy atom. The van der Waals surface area contributed by atoms with Crippen molar-refractivity contribution in [1.82, 2.24) is 0 Å². The first-order chi connectivity index (χ1) is 5.33. The van der Waals surface area contributed by atoms with E-state index in [1.807, 2.05) is 36.4 Å². The Morgan fingerprint density at radius 1 is 1.36 bits per heavy atom. The Kier molecular flexibility index (Phi) is 3.71. The SMILES string of the molecule is C[Se]/C(Cl)=C/c1ccccc1. The molecule has 0 N–H and O–H groups in total. The molecule has 58 valence electrons. The normalized spacial score (nSPS) is 11.6. The fraction of sp³-hybridized carbons (Fsp3) is 0.111. The van der Waals surface area contributed by atoms with Crippen molar-refractivity contribution in [3.8, 4) is 0 Å². The Balaban J connectivity index is 2.79. The van der Waals surface area contributed by atoms with Gasteiger partial charge in [-0.2, -0.15) is 0 Å². The van der Waals surface area contributed by atoms with Gasteiger partial charge in [-0.25, -0.2) is 0 Å². The molecule has 11 heavy (non-hydrogen) atoms. The molecule has 0 atom stereocenters. The number of hydrogen-bond donors (Lipinski definition) is 0. The van der Waals surface area contributed by atoms with E-state index in [2.05, 4.69) is 5.82 Å². The van der Waals surface area contributed by atoms with Crippen molar-refractivity contribution < 1.29 is 0 Å². The van der Waals surface area contributed by atoms with Crippen LogP contribution < -0.4 is 0 Å². The van der Waals surface area contributed by atoms with E-state index in [0.29, 0.717) is 15.0 Å². The zero-order valence-electron chi connectivity index (χ0n) is 6.25. The van der Waals surface area contributed by atoms with Crippen LogP contribution in [0.3, 0.4) is 0 Å². The molecule has 1 aromatic rings. The topological polar surface area (TPSA) is 0 Å². The Hall–Kier alpha value is -0.231. The zero-order chi connectivity index (χ0) is 8.10. The average molecular weight is 232 g/mol. The summed E-state index contributed by atoms with van der Waals surface area (Å²) in [6, 6.07) is 10.1. The molecule has 0 spiro atoms. The van der Waals surface area contributed by atoms with E-state index < -0.39 is 0 Å². The molecule has 2 heteroatoms. The van der Waals surface area contributed by atoms with Crippen LogP contribution in [0.1, 0.15) is 5.56 Å². The summed E-state index contributed by atoms with van der Waals surface area (Å²) in [4.78, 5) is 0. The standard InChI is InChI=1S/C9H9ClSe/c1-11-9(10)7-8-5-3-2-4-6-8/h2-7H,1H3/b9-7+. The van der Waals surface area contributed by atoms with E-state index in [0.717, 1.165) is 3.93 Å². The molecule has 0 heterocycles. The summed E-state index contributed by atoms with van der Waals surface area (Å²) in [6.07, 6.45) is 2.02. The molecule has 0 fully saturated rings. The van der Waals surface area contributed by atoms with Gasteiger partial charge in [0.15, 0.2) is 0 Å². The Morgan fingerprint density at radius 3 is 2.55 bits per heavy atom. The van der Waals surface area contributed by atoms with Gasteiger partial charge in [-0.05, 0) is 0 Å². The molecular formula is C9H9ClSe. The van der Waals surface area contributed by atoms with Gasteiger partial charge in [0.1, 0.15) is 0 Å². The monoisotopic (exact) mass is 232 g/mol. The second kappa shape index (κ2) is 4.61. The van der Waals surface area contributed by atoms with Crippen LogP contribution in [-0.2, 0) is 0 Å². The molecule has 0 aromatic heterocycles. The van der Waals surface area contributed by atoms with Crippen LogP contribution in [0.5, 0.6) is 0 Å². The van der Waals surface area contributed by atoms with Gasteiger partial charge in [0, 0.05) is 0 Å². The number of rotatable bonds is 2. The summed E-state index contributed by atoms with van der Waals surface area (Å²) >= 11 is 6.30. The molecule has 0 aliphatic carbocycles. The number of halogens is 1. The van der Waals surface area contributed by atoms with Gasteiger partial charge >= 0.3 is 78.3 Å². The molecule has 0 radical (unpaired) electrons. The second-order valence-corrected chi connectivity index (χ2v) is 4.76. The molecule has 0 aliphatic heterocycles. The fourth-order valence-corrected chi connectivity index (χ4v) is 1.40. The first-order valence-electron chi connectivity index (χ1n) is 3.29. The molecule has 0 saturated carbocycles. The van der Waals surface area contributed by atoms with Crippen molar-refractivity contribution in [2.75, 3.05) is 0 Å². The molecule has 0 aliphatic rings. The molecule has 1 aromatic carbocycles. The van der Waals surface area contributed by atoms with Crippen LogP contribution in [0.4, 0.5) is 0 Å². The summed E-state index contributed by atoms with van der Waals surface area (Å²) in [7, 11) is 0. The molecule has 0 unspecified atom stereocenters. The number of hydrogen-bond acceptors (Lipinski definition) is 0.